The molecule has 1 N–H and O–H groups in total. The molecule has 0 saturated heterocycles. The second kappa shape index (κ2) is 20.7. The molecule has 0 aliphatic heterocycles. The maximum absolute atomic E-state index is 9.25. The van der Waals surface area contributed by atoms with Gasteiger partial charge in [-0.1, -0.05) is 74.1 Å². The van der Waals surface area contributed by atoms with Gasteiger partial charge in [-0.3, -0.25) is 0 Å². The van der Waals surface area contributed by atoms with Gasteiger partial charge in [0.25, 0.3) is 0 Å². The van der Waals surface area contributed by atoms with E-state index in [0.717, 1.165) is 57.8 Å². The molecule has 0 amide bonds. The molecule has 0 aliphatic carbocycles. The lowest BCUT2D eigenvalue weighted by molar-refractivity contribution is -0.0792. The minimum absolute atomic E-state index is 0.589. The van der Waals surface area contributed by atoms with Gasteiger partial charge >= 0.3 is 0 Å². The maximum atomic E-state index is 9.25. The second-order valence-electron chi connectivity index (χ2n) is 6.04. The summed E-state index contributed by atoms with van der Waals surface area (Å²) in [4.78, 5) is 0. The Morgan fingerprint density at radius 3 is 1.64 bits per heavy atom. The molecule has 0 saturated carbocycles. The van der Waals surface area contributed by atoms with Crippen LogP contribution in [-0.2, 0) is 4.74 Å². The van der Waals surface area contributed by atoms with Crippen LogP contribution in [0.2, 0.25) is 0 Å². The van der Waals surface area contributed by atoms with E-state index >= 15 is 0 Å². The van der Waals surface area contributed by atoms with E-state index in [1.54, 1.807) is 7.11 Å². The summed E-state index contributed by atoms with van der Waals surface area (Å²) in [7, 11) is 1.54. The first-order valence-corrected chi connectivity index (χ1v) is 9.77. The van der Waals surface area contributed by atoms with E-state index < -0.39 is 6.29 Å². The smallest absolute Gasteiger partial charge is 0.154 e. The lowest BCUT2D eigenvalue weighted by Gasteiger charge is -2.06. The van der Waals surface area contributed by atoms with Gasteiger partial charge in [0, 0.05) is 7.11 Å². The van der Waals surface area contributed by atoms with Crippen LogP contribution in [0.15, 0.2) is 60.8 Å². The van der Waals surface area contributed by atoms with Crippen LogP contribution in [0, 0.1) is 0 Å². The summed E-state index contributed by atoms with van der Waals surface area (Å²) in [6.07, 6.45) is 32.1. The Labute approximate surface area is 155 Å². The molecule has 0 aliphatic rings. The quantitative estimate of drug-likeness (QED) is 0.192. The van der Waals surface area contributed by atoms with E-state index in [2.05, 4.69) is 67.7 Å². The van der Waals surface area contributed by atoms with Crippen LogP contribution in [0.4, 0.5) is 0 Å². The number of rotatable bonds is 16. The number of hydrogen-bond acceptors (Lipinski definition) is 2. The first kappa shape index (κ1) is 23.6. The fourth-order valence-corrected chi connectivity index (χ4v) is 2.24. The number of hydrogen-bond donors (Lipinski definition) is 1. The molecule has 0 fully saturated rings. The van der Waals surface area contributed by atoms with Crippen LogP contribution in [-0.4, -0.2) is 18.5 Å². The molecule has 142 valence electrons. The van der Waals surface area contributed by atoms with Crippen LogP contribution < -0.4 is 0 Å². The van der Waals surface area contributed by atoms with Crippen molar-refractivity contribution < 1.29 is 9.84 Å². The Balaban J connectivity index is 3.42. The summed E-state index contributed by atoms with van der Waals surface area (Å²) in [6.45, 7) is 2.16. The molecule has 1 atom stereocenters. The molecule has 2 nitrogen and oxygen atoms in total. The normalized spacial score (nSPS) is 14.2. The van der Waals surface area contributed by atoms with E-state index in [1.807, 2.05) is 0 Å². The third-order valence-electron chi connectivity index (χ3n) is 3.75. The standard InChI is InChI=1S/C23H38O2/c1-3-4-5-6-7-8-9-10-11-12-13-14-15-16-17-18-19-20-21-22-23(24)25-2/h4-5,7-8,10-11,13-14,16-17,23-24H,3,6,9,12,15,18-22H2,1-2H3/b5-4+,8-7+,11-10+,14-13+,17-16+. The summed E-state index contributed by atoms with van der Waals surface area (Å²) in [6, 6.07) is 0. The van der Waals surface area contributed by atoms with Gasteiger partial charge in [-0.05, 0) is 57.8 Å². The molecule has 0 rings (SSSR count). The van der Waals surface area contributed by atoms with Crippen LogP contribution in [0.3, 0.4) is 0 Å². The molecular weight excluding hydrogens is 308 g/mol. The Hall–Kier alpha value is -1.38. The number of aliphatic hydroxyl groups excluding tert-OH is 1. The highest BCUT2D eigenvalue weighted by atomic mass is 16.6. The molecule has 2 heteroatoms. The Kier molecular flexibility index (Phi) is 19.5. The van der Waals surface area contributed by atoms with Crippen molar-refractivity contribution >= 4 is 0 Å². The zero-order valence-corrected chi connectivity index (χ0v) is 16.3. The van der Waals surface area contributed by atoms with Gasteiger partial charge in [0.2, 0.25) is 0 Å². The van der Waals surface area contributed by atoms with Crippen molar-refractivity contribution in [1.82, 2.24) is 0 Å². The number of allylic oxidation sites excluding steroid dienone is 10. The minimum Gasteiger partial charge on any atom is -0.368 e. The molecular formula is C23H38O2. The van der Waals surface area contributed by atoms with Gasteiger partial charge in [0.15, 0.2) is 6.29 Å². The number of unbranched alkanes of at least 4 members (excludes halogenated alkanes) is 3. The van der Waals surface area contributed by atoms with Crippen molar-refractivity contribution in [3.8, 4) is 0 Å². The zero-order valence-electron chi connectivity index (χ0n) is 16.3. The van der Waals surface area contributed by atoms with Crippen molar-refractivity contribution in [2.45, 2.75) is 77.4 Å². The molecule has 0 aromatic heterocycles. The number of methoxy groups -OCH3 is 1. The van der Waals surface area contributed by atoms with E-state index in [4.69, 9.17) is 4.74 Å². The first-order chi connectivity index (χ1) is 12.3. The lowest BCUT2D eigenvalue weighted by atomic mass is 10.1. The van der Waals surface area contributed by atoms with E-state index in [0.29, 0.717) is 0 Å². The number of ether oxygens (including phenoxy) is 1. The number of aliphatic hydroxyl groups is 1. The summed E-state index contributed by atoms with van der Waals surface area (Å²) < 4.78 is 4.81. The van der Waals surface area contributed by atoms with E-state index in [1.165, 1.54) is 6.42 Å². The van der Waals surface area contributed by atoms with E-state index in [9.17, 15) is 5.11 Å². The van der Waals surface area contributed by atoms with Crippen molar-refractivity contribution in [1.29, 1.82) is 0 Å². The summed E-state index contributed by atoms with van der Waals surface area (Å²) >= 11 is 0. The Morgan fingerprint density at radius 2 is 1.16 bits per heavy atom. The molecule has 0 radical (unpaired) electrons. The average Bonchev–Trinajstić information content (AvgIpc) is 2.63. The van der Waals surface area contributed by atoms with Crippen molar-refractivity contribution in [2.24, 2.45) is 0 Å². The average molecular weight is 347 g/mol. The minimum atomic E-state index is -0.589. The molecule has 0 spiro atoms. The van der Waals surface area contributed by atoms with Crippen molar-refractivity contribution in [2.75, 3.05) is 7.11 Å². The van der Waals surface area contributed by atoms with Crippen LogP contribution >= 0.6 is 0 Å². The predicted octanol–water partition coefficient (Wildman–Crippen LogP) is 6.65. The van der Waals surface area contributed by atoms with Gasteiger partial charge in [0.1, 0.15) is 0 Å². The van der Waals surface area contributed by atoms with Crippen molar-refractivity contribution in [3.05, 3.63) is 60.8 Å². The Morgan fingerprint density at radius 1 is 0.680 bits per heavy atom. The molecule has 0 aromatic rings. The monoisotopic (exact) mass is 346 g/mol. The van der Waals surface area contributed by atoms with Crippen molar-refractivity contribution in [3.63, 3.8) is 0 Å². The van der Waals surface area contributed by atoms with Gasteiger partial charge < -0.3 is 9.84 Å². The third-order valence-corrected chi connectivity index (χ3v) is 3.75. The van der Waals surface area contributed by atoms with Gasteiger partial charge in [-0.15, -0.1) is 0 Å². The summed E-state index contributed by atoms with van der Waals surface area (Å²) in [5.74, 6) is 0. The largest absolute Gasteiger partial charge is 0.368 e. The fraction of sp³-hybridized carbons (Fsp3) is 0.565. The van der Waals surface area contributed by atoms with E-state index in [-0.39, 0.29) is 0 Å². The molecule has 0 aromatic carbocycles. The summed E-state index contributed by atoms with van der Waals surface area (Å²) in [5, 5.41) is 9.25. The highest BCUT2D eigenvalue weighted by molar-refractivity contribution is 5.00. The lowest BCUT2D eigenvalue weighted by Crippen LogP contribution is -2.07. The molecule has 1 unspecified atom stereocenters. The summed E-state index contributed by atoms with van der Waals surface area (Å²) in [5.41, 5.74) is 0. The highest BCUT2D eigenvalue weighted by Crippen LogP contribution is 2.07. The van der Waals surface area contributed by atoms with Crippen LogP contribution in [0.1, 0.15) is 71.1 Å². The zero-order chi connectivity index (χ0) is 18.4. The maximum Gasteiger partial charge on any atom is 0.154 e. The predicted molar refractivity (Wildman–Crippen MR) is 111 cm³/mol. The van der Waals surface area contributed by atoms with Gasteiger partial charge in [-0.2, -0.15) is 0 Å². The second-order valence-corrected chi connectivity index (χ2v) is 6.04. The van der Waals surface area contributed by atoms with Gasteiger partial charge in [0.05, 0.1) is 0 Å². The molecule has 0 bridgehead atoms. The first-order valence-electron chi connectivity index (χ1n) is 9.77. The van der Waals surface area contributed by atoms with Crippen LogP contribution in [0.25, 0.3) is 0 Å². The SMILES string of the molecule is CC/C=C/C/C=C/C/C=C/C/C=C/C/C=C/CCCCCC(O)OC. The highest BCUT2D eigenvalue weighted by Gasteiger charge is 1.99. The Bertz CT molecular complexity index is 402. The van der Waals surface area contributed by atoms with Gasteiger partial charge in [-0.25, -0.2) is 0 Å². The molecule has 0 heterocycles. The molecule has 25 heavy (non-hydrogen) atoms. The third kappa shape index (κ3) is 20.6. The van der Waals surface area contributed by atoms with Crippen LogP contribution in [0.5, 0.6) is 0 Å². The fourth-order valence-electron chi connectivity index (χ4n) is 2.24. The topological polar surface area (TPSA) is 29.5 Å².